The van der Waals surface area contributed by atoms with E-state index in [2.05, 4.69) is 6.92 Å². The molecule has 0 aliphatic rings. The Kier molecular flexibility index (Phi) is 6.07. The number of allylic oxidation sites excluding steroid dienone is 1. The summed E-state index contributed by atoms with van der Waals surface area (Å²) >= 11 is 0. The maximum Gasteiger partial charge on any atom is 0.168 e. The first kappa shape index (κ1) is 11.7. The van der Waals surface area contributed by atoms with Crippen molar-refractivity contribution >= 4 is 9.84 Å². The third-order valence-electron chi connectivity index (χ3n) is 1.57. The van der Waals surface area contributed by atoms with Gasteiger partial charge >= 0.3 is 0 Å². The molecule has 0 saturated carbocycles. The lowest BCUT2D eigenvalue weighted by atomic mass is 10.2. The van der Waals surface area contributed by atoms with Gasteiger partial charge in [0.05, 0.1) is 0 Å². The smallest absolute Gasteiger partial charge is 0.168 e. The summed E-state index contributed by atoms with van der Waals surface area (Å²) in [4.78, 5) is 0. The third kappa shape index (κ3) is 9.69. The monoisotopic (exact) mass is 190 g/mol. The van der Waals surface area contributed by atoms with E-state index < -0.39 is 9.84 Å². The predicted octanol–water partition coefficient (Wildman–Crippen LogP) is 2.52. The zero-order valence-electron chi connectivity index (χ0n) is 7.91. The van der Waals surface area contributed by atoms with E-state index in [1.807, 2.05) is 0 Å². The number of hydrogen-bond acceptors (Lipinski definition) is 2. The van der Waals surface area contributed by atoms with Gasteiger partial charge in [-0.25, -0.2) is 8.42 Å². The van der Waals surface area contributed by atoms with Crippen molar-refractivity contribution in [2.45, 2.75) is 39.0 Å². The molecule has 0 aliphatic carbocycles. The lowest BCUT2D eigenvalue weighted by Crippen LogP contribution is -1.87. The third-order valence-corrected chi connectivity index (χ3v) is 2.25. The van der Waals surface area contributed by atoms with Crippen LogP contribution in [-0.2, 0) is 9.84 Å². The standard InChI is InChI=1S/C9H18O2S/c1-3-4-5-6-7-8-9-12(2,10)11/h8-9H,3-7H2,1-2H3/b9-8+. The lowest BCUT2D eigenvalue weighted by Gasteiger charge is -1.93. The van der Waals surface area contributed by atoms with Crippen molar-refractivity contribution in [1.82, 2.24) is 0 Å². The van der Waals surface area contributed by atoms with Gasteiger partial charge in [-0.05, 0) is 12.8 Å². The molecule has 0 unspecified atom stereocenters. The van der Waals surface area contributed by atoms with Gasteiger partial charge in [0.25, 0.3) is 0 Å². The summed E-state index contributed by atoms with van der Waals surface area (Å²) in [6, 6.07) is 0. The SMILES string of the molecule is CCCCCC/C=C/S(C)(=O)=O. The number of sulfone groups is 1. The average molecular weight is 190 g/mol. The lowest BCUT2D eigenvalue weighted by molar-refractivity contribution is 0.609. The van der Waals surface area contributed by atoms with Crippen LogP contribution in [0.5, 0.6) is 0 Å². The topological polar surface area (TPSA) is 34.1 Å². The molecule has 0 fully saturated rings. The second-order valence-corrected chi connectivity index (χ2v) is 4.98. The molecule has 0 aromatic carbocycles. The van der Waals surface area contributed by atoms with Crippen LogP contribution < -0.4 is 0 Å². The van der Waals surface area contributed by atoms with Crippen LogP contribution >= 0.6 is 0 Å². The zero-order valence-corrected chi connectivity index (χ0v) is 8.73. The van der Waals surface area contributed by atoms with Gasteiger partial charge in [-0.3, -0.25) is 0 Å². The van der Waals surface area contributed by atoms with Crippen molar-refractivity contribution in [3.63, 3.8) is 0 Å². The molecule has 0 bridgehead atoms. The zero-order chi connectivity index (χ0) is 9.45. The molecule has 12 heavy (non-hydrogen) atoms. The van der Waals surface area contributed by atoms with Crippen LogP contribution in [0.3, 0.4) is 0 Å². The number of rotatable bonds is 6. The van der Waals surface area contributed by atoms with Gasteiger partial charge in [0.15, 0.2) is 9.84 Å². The van der Waals surface area contributed by atoms with Crippen molar-refractivity contribution in [2.24, 2.45) is 0 Å². The highest BCUT2D eigenvalue weighted by molar-refractivity contribution is 7.93. The Morgan fingerprint density at radius 1 is 1.17 bits per heavy atom. The van der Waals surface area contributed by atoms with E-state index in [1.165, 1.54) is 30.9 Å². The second kappa shape index (κ2) is 6.23. The first-order chi connectivity index (χ1) is 5.56. The molecule has 0 N–H and O–H groups in total. The van der Waals surface area contributed by atoms with Crippen LogP contribution in [0.2, 0.25) is 0 Å². The van der Waals surface area contributed by atoms with Crippen LogP contribution in [0.1, 0.15) is 39.0 Å². The van der Waals surface area contributed by atoms with Crippen LogP contribution in [-0.4, -0.2) is 14.7 Å². The van der Waals surface area contributed by atoms with Gasteiger partial charge in [0.2, 0.25) is 0 Å². The summed E-state index contributed by atoms with van der Waals surface area (Å²) in [5.41, 5.74) is 0. The highest BCUT2D eigenvalue weighted by atomic mass is 32.2. The molecule has 0 radical (unpaired) electrons. The van der Waals surface area contributed by atoms with Crippen LogP contribution in [0.15, 0.2) is 11.5 Å². The summed E-state index contributed by atoms with van der Waals surface area (Å²) < 4.78 is 21.3. The van der Waals surface area contributed by atoms with E-state index in [-0.39, 0.29) is 0 Å². The van der Waals surface area contributed by atoms with E-state index in [0.717, 1.165) is 12.8 Å². The molecular weight excluding hydrogens is 172 g/mol. The summed E-state index contributed by atoms with van der Waals surface area (Å²) in [6.07, 6.45) is 8.60. The maximum atomic E-state index is 10.6. The molecular formula is C9H18O2S. The first-order valence-corrected chi connectivity index (χ1v) is 6.38. The second-order valence-electron chi connectivity index (χ2n) is 3.05. The largest absolute Gasteiger partial charge is 0.225 e. The molecule has 0 heterocycles. The van der Waals surface area contributed by atoms with Crippen molar-refractivity contribution < 1.29 is 8.42 Å². The van der Waals surface area contributed by atoms with Crippen molar-refractivity contribution in [2.75, 3.05) is 6.26 Å². The summed E-state index contributed by atoms with van der Waals surface area (Å²) in [7, 11) is -2.90. The Morgan fingerprint density at radius 2 is 1.83 bits per heavy atom. The van der Waals surface area contributed by atoms with E-state index in [4.69, 9.17) is 0 Å². The molecule has 0 atom stereocenters. The van der Waals surface area contributed by atoms with Gasteiger partial charge in [-0.2, -0.15) is 0 Å². The average Bonchev–Trinajstić information content (AvgIpc) is 1.94. The molecule has 0 amide bonds. The Hall–Kier alpha value is -0.310. The molecule has 72 valence electrons. The molecule has 0 saturated heterocycles. The Morgan fingerprint density at radius 3 is 2.33 bits per heavy atom. The van der Waals surface area contributed by atoms with Crippen LogP contribution in [0.4, 0.5) is 0 Å². The van der Waals surface area contributed by atoms with E-state index in [1.54, 1.807) is 6.08 Å². The number of hydrogen-bond donors (Lipinski definition) is 0. The molecule has 0 aromatic heterocycles. The van der Waals surface area contributed by atoms with Crippen molar-refractivity contribution in [3.8, 4) is 0 Å². The predicted molar refractivity (Wildman–Crippen MR) is 52.7 cm³/mol. The van der Waals surface area contributed by atoms with Crippen LogP contribution in [0.25, 0.3) is 0 Å². The Bertz CT molecular complexity index is 215. The minimum absolute atomic E-state index is 0.882. The molecule has 0 rings (SSSR count). The maximum absolute atomic E-state index is 10.6. The fraction of sp³-hybridized carbons (Fsp3) is 0.778. The highest BCUT2D eigenvalue weighted by Crippen LogP contribution is 2.03. The molecule has 0 spiro atoms. The van der Waals surface area contributed by atoms with E-state index in [0.29, 0.717) is 0 Å². The Balaban J connectivity index is 3.38. The number of unbranched alkanes of at least 4 members (excludes halogenated alkanes) is 4. The van der Waals surface area contributed by atoms with Gasteiger partial charge in [0.1, 0.15) is 0 Å². The van der Waals surface area contributed by atoms with Gasteiger partial charge in [-0.1, -0.05) is 32.3 Å². The minimum Gasteiger partial charge on any atom is -0.225 e. The normalized spacial score (nSPS) is 12.5. The summed E-state index contributed by atoms with van der Waals surface area (Å²) in [5, 5.41) is 1.29. The first-order valence-electron chi connectivity index (χ1n) is 4.43. The van der Waals surface area contributed by atoms with E-state index >= 15 is 0 Å². The van der Waals surface area contributed by atoms with Gasteiger partial charge in [-0.15, -0.1) is 0 Å². The molecule has 2 nitrogen and oxygen atoms in total. The molecule has 0 aliphatic heterocycles. The quantitative estimate of drug-likeness (QED) is 0.603. The van der Waals surface area contributed by atoms with Gasteiger partial charge < -0.3 is 0 Å². The Labute approximate surface area is 75.6 Å². The summed E-state index contributed by atoms with van der Waals surface area (Å²) in [5.74, 6) is 0. The van der Waals surface area contributed by atoms with Crippen LogP contribution in [0, 0.1) is 0 Å². The molecule has 0 aromatic rings. The fourth-order valence-corrected chi connectivity index (χ4v) is 1.42. The summed E-state index contributed by atoms with van der Waals surface area (Å²) in [6.45, 7) is 2.16. The molecule has 3 heteroatoms. The highest BCUT2D eigenvalue weighted by Gasteiger charge is 1.91. The fourth-order valence-electron chi connectivity index (χ4n) is 0.932. The van der Waals surface area contributed by atoms with E-state index in [9.17, 15) is 8.42 Å². The minimum atomic E-state index is -2.90. The van der Waals surface area contributed by atoms with Crippen molar-refractivity contribution in [3.05, 3.63) is 11.5 Å². The van der Waals surface area contributed by atoms with Crippen molar-refractivity contribution in [1.29, 1.82) is 0 Å². The van der Waals surface area contributed by atoms with Gasteiger partial charge in [0, 0.05) is 11.7 Å².